The second-order valence-corrected chi connectivity index (χ2v) is 5.85. The third-order valence-electron chi connectivity index (χ3n) is 3.98. The first-order valence-electron chi connectivity index (χ1n) is 6.85. The number of nitrogens with two attached hydrogens (primary N) is 1. The van der Waals surface area contributed by atoms with Gasteiger partial charge in [-0.3, -0.25) is 0 Å². The van der Waals surface area contributed by atoms with E-state index in [9.17, 15) is 0 Å². The van der Waals surface area contributed by atoms with Gasteiger partial charge >= 0.3 is 0 Å². The molecule has 98 valence electrons. The molecule has 0 atom stereocenters. The van der Waals surface area contributed by atoms with Crippen LogP contribution in [-0.4, -0.2) is 18.6 Å². The van der Waals surface area contributed by atoms with Crippen LogP contribution in [0.15, 0.2) is 0 Å². The van der Waals surface area contributed by atoms with Crippen molar-refractivity contribution < 1.29 is 0 Å². The van der Waals surface area contributed by atoms with Crippen molar-refractivity contribution in [2.75, 3.05) is 13.1 Å². The van der Waals surface area contributed by atoms with E-state index in [4.69, 9.17) is 5.73 Å². The molecule has 0 saturated heterocycles. The highest BCUT2D eigenvalue weighted by Gasteiger charge is 2.22. The summed E-state index contributed by atoms with van der Waals surface area (Å²) in [5.74, 6) is 2.23. The Kier molecular flexibility index (Phi) is 7.25. The second kappa shape index (κ2) is 7.29. The van der Waals surface area contributed by atoms with Crippen LogP contribution in [0.3, 0.4) is 0 Å². The largest absolute Gasteiger partial charge is 0.324 e. The third kappa shape index (κ3) is 5.31. The molecule has 0 aliphatic carbocycles. The van der Waals surface area contributed by atoms with Crippen molar-refractivity contribution >= 4 is 0 Å². The number of hydrogen-bond donors (Lipinski definition) is 2. The molecule has 2 nitrogen and oxygen atoms in total. The molecule has 0 spiro atoms. The van der Waals surface area contributed by atoms with Crippen LogP contribution in [0.2, 0.25) is 0 Å². The summed E-state index contributed by atoms with van der Waals surface area (Å²) >= 11 is 0. The normalized spacial score (nSPS) is 13.1. The molecule has 0 aromatic rings. The maximum Gasteiger partial charge on any atom is 0.0275 e. The molecule has 0 aromatic heterocycles. The Labute approximate surface area is 102 Å². The van der Waals surface area contributed by atoms with Crippen LogP contribution in [0.1, 0.15) is 54.4 Å². The minimum atomic E-state index is -0.0154. The van der Waals surface area contributed by atoms with Gasteiger partial charge in [0.1, 0.15) is 0 Å². The van der Waals surface area contributed by atoms with Gasteiger partial charge in [0.25, 0.3) is 0 Å². The van der Waals surface area contributed by atoms with E-state index >= 15 is 0 Å². The van der Waals surface area contributed by atoms with Gasteiger partial charge in [0.05, 0.1) is 0 Å². The number of rotatable bonds is 8. The molecule has 0 fully saturated rings. The van der Waals surface area contributed by atoms with Crippen molar-refractivity contribution in [3.63, 3.8) is 0 Å². The average Bonchev–Trinajstić information content (AvgIpc) is 2.23. The molecule has 3 N–H and O–H groups in total. The standard InChI is InChI=1S/C14H32N2/c1-7-14(15,8-2)10-16-9-13(11(3)4)12(5)6/h11-13,16H,7-10,15H2,1-6H3. The van der Waals surface area contributed by atoms with Crippen molar-refractivity contribution in [3.8, 4) is 0 Å². The summed E-state index contributed by atoms with van der Waals surface area (Å²) in [7, 11) is 0. The molecule has 0 aliphatic rings. The fourth-order valence-electron chi connectivity index (χ4n) is 2.23. The predicted molar refractivity (Wildman–Crippen MR) is 73.5 cm³/mol. The van der Waals surface area contributed by atoms with Crippen molar-refractivity contribution in [2.24, 2.45) is 23.5 Å². The summed E-state index contributed by atoms with van der Waals surface area (Å²) in [5, 5.41) is 3.57. The summed E-state index contributed by atoms with van der Waals surface area (Å²) in [6.07, 6.45) is 2.09. The van der Waals surface area contributed by atoms with Gasteiger partial charge in [-0.25, -0.2) is 0 Å². The van der Waals surface area contributed by atoms with Crippen molar-refractivity contribution in [3.05, 3.63) is 0 Å². The van der Waals surface area contributed by atoms with E-state index in [1.807, 2.05) is 0 Å². The molecule has 0 rings (SSSR count). The molecule has 0 amide bonds. The summed E-state index contributed by atoms with van der Waals surface area (Å²) in [4.78, 5) is 0. The summed E-state index contributed by atoms with van der Waals surface area (Å²) < 4.78 is 0. The SMILES string of the molecule is CCC(N)(CC)CNCC(C(C)C)C(C)C. The Balaban J connectivity index is 4.04. The topological polar surface area (TPSA) is 38.0 Å². The van der Waals surface area contributed by atoms with Crippen LogP contribution in [0.4, 0.5) is 0 Å². The zero-order chi connectivity index (χ0) is 12.8. The summed E-state index contributed by atoms with van der Waals surface area (Å²) in [6.45, 7) is 15.6. The monoisotopic (exact) mass is 228 g/mol. The van der Waals surface area contributed by atoms with E-state index in [0.29, 0.717) is 0 Å². The van der Waals surface area contributed by atoms with Gasteiger partial charge in [-0.05, 0) is 37.1 Å². The lowest BCUT2D eigenvalue weighted by Crippen LogP contribution is -2.49. The van der Waals surface area contributed by atoms with Gasteiger partial charge in [0, 0.05) is 12.1 Å². The van der Waals surface area contributed by atoms with Gasteiger partial charge in [-0.15, -0.1) is 0 Å². The first-order chi connectivity index (χ1) is 7.36. The van der Waals surface area contributed by atoms with Crippen molar-refractivity contribution in [1.82, 2.24) is 5.32 Å². The summed E-state index contributed by atoms with van der Waals surface area (Å²) in [5.41, 5.74) is 6.26. The molecular weight excluding hydrogens is 196 g/mol. The molecule has 16 heavy (non-hydrogen) atoms. The van der Waals surface area contributed by atoms with E-state index < -0.39 is 0 Å². The Morgan fingerprint density at radius 1 is 1.00 bits per heavy atom. The molecule has 0 aliphatic heterocycles. The van der Waals surface area contributed by atoms with Gasteiger partial charge in [-0.1, -0.05) is 41.5 Å². The van der Waals surface area contributed by atoms with E-state index in [-0.39, 0.29) is 5.54 Å². The molecule has 0 unspecified atom stereocenters. The molecule has 0 radical (unpaired) electrons. The number of nitrogens with one attached hydrogen (secondary N) is 1. The van der Waals surface area contributed by atoms with Crippen LogP contribution in [0, 0.1) is 17.8 Å². The average molecular weight is 228 g/mol. The highest BCUT2D eigenvalue weighted by Crippen LogP contribution is 2.19. The fraction of sp³-hybridized carbons (Fsp3) is 1.00. The molecule has 2 heteroatoms. The molecule has 0 bridgehead atoms. The molecule has 0 aromatic carbocycles. The zero-order valence-corrected chi connectivity index (χ0v) is 12.1. The van der Waals surface area contributed by atoms with E-state index in [2.05, 4.69) is 46.9 Å². The quantitative estimate of drug-likeness (QED) is 0.670. The highest BCUT2D eigenvalue weighted by atomic mass is 14.9. The van der Waals surface area contributed by atoms with Crippen molar-refractivity contribution in [2.45, 2.75) is 59.9 Å². The van der Waals surface area contributed by atoms with E-state index in [1.165, 1.54) is 0 Å². The second-order valence-electron chi connectivity index (χ2n) is 5.85. The fourth-order valence-corrected chi connectivity index (χ4v) is 2.23. The highest BCUT2D eigenvalue weighted by molar-refractivity contribution is 4.84. The minimum Gasteiger partial charge on any atom is -0.324 e. The maximum atomic E-state index is 6.27. The Morgan fingerprint density at radius 2 is 1.44 bits per heavy atom. The van der Waals surface area contributed by atoms with Crippen LogP contribution in [0.5, 0.6) is 0 Å². The number of hydrogen-bond acceptors (Lipinski definition) is 2. The molecular formula is C14H32N2. The van der Waals surface area contributed by atoms with Crippen LogP contribution < -0.4 is 11.1 Å². The van der Waals surface area contributed by atoms with Crippen molar-refractivity contribution in [1.29, 1.82) is 0 Å². The Morgan fingerprint density at radius 3 is 1.75 bits per heavy atom. The Hall–Kier alpha value is -0.0800. The Bertz CT molecular complexity index is 164. The van der Waals surface area contributed by atoms with Crippen LogP contribution >= 0.6 is 0 Å². The first kappa shape index (κ1) is 15.9. The first-order valence-corrected chi connectivity index (χ1v) is 6.85. The lowest BCUT2D eigenvalue weighted by molar-refractivity contribution is 0.261. The third-order valence-corrected chi connectivity index (χ3v) is 3.98. The summed E-state index contributed by atoms with van der Waals surface area (Å²) in [6, 6.07) is 0. The lowest BCUT2D eigenvalue weighted by atomic mass is 9.85. The van der Waals surface area contributed by atoms with Gasteiger partial charge in [0.15, 0.2) is 0 Å². The predicted octanol–water partition coefficient (Wildman–Crippen LogP) is 3.02. The lowest BCUT2D eigenvalue weighted by Gasteiger charge is -2.30. The van der Waals surface area contributed by atoms with Crippen LogP contribution in [0.25, 0.3) is 0 Å². The van der Waals surface area contributed by atoms with Crippen LogP contribution in [-0.2, 0) is 0 Å². The maximum absolute atomic E-state index is 6.27. The zero-order valence-electron chi connectivity index (χ0n) is 12.1. The van der Waals surface area contributed by atoms with E-state index in [0.717, 1.165) is 43.7 Å². The minimum absolute atomic E-state index is 0.0154. The molecule has 0 heterocycles. The smallest absolute Gasteiger partial charge is 0.0275 e. The van der Waals surface area contributed by atoms with Gasteiger partial charge < -0.3 is 11.1 Å². The van der Waals surface area contributed by atoms with Gasteiger partial charge in [-0.2, -0.15) is 0 Å². The molecule has 0 saturated carbocycles. The van der Waals surface area contributed by atoms with E-state index in [1.54, 1.807) is 0 Å². The van der Waals surface area contributed by atoms with Gasteiger partial charge in [0.2, 0.25) is 0 Å².